The molecule has 1 aliphatic heterocycles. The van der Waals surface area contributed by atoms with Crippen molar-refractivity contribution >= 4 is 11.7 Å². The number of piperidine rings is 1. The quantitative estimate of drug-likeness (QED) is 0.893. The van der Waals surface area contributed by atoms with Crippen LogP contribution in [0.15, 0.2) is 18.5 Å². The first kappa shape index (κ1) is 12.9. The van der Waals surface area contributed by atoms with Gasteiger partial charge in [0.25, 0.3) is 0 Å². The average molecular weight is 248 g/mol. The van der Waals surface area contributed by atoms with Gasteiger partial charge in [0.05, 0.1) is 17.4 Å². The fourth-order valence-electron chi connectivity index (χ4n) is 2.46. The van der Waals surface area contributed by atoms with Crippen molar-refractivity contribution in [3.05, 3.63) is 24.0 Å². The Morgan fingerprint density at radius 1 is 1.50 bits per heavy atom. The summed E-state index contributed by atoms with van der Waals surface area (Å²) in [7, 11) is 0. The Morgan fingerprint density at radius 3 is 2.72 bits per heavy atom. The highest BCUT2D eigenvalue weighted by Crippen LogP contribution is 2.36. The first-order valence-electron chi connectivity index (χ1n) is 6.48. The lowest BCUT2D eigenvalue weighted by molar-refractivity contribution is 0.0697. The number of aromatic carboxylic acids is 1. The Kier molecular flexibility index (Phi) is 3.55. The van der Waals surface area contributed by atoms with E-state index in [4.69, 9.17) is 0 Å². The van der Waals surface area contributed by atoms with Crippen LogP contribution in [0.2, 0.25) is 0 Å². The molecule has 2 heterocycles. The fourth-order valence-corrected chi connectivity index (χ4v) is 2.46. The van der Waals surface area contributed by atoms with Gasteiger partial charge in [-0.05, 0) is 24.3 Å². The number of hydrogen-bond acceptors (Lipinski definition) is 3. The van der Waals surface area contributed by atoms with E-state index in [9.17, 15) is 9.90 Å². The molecule has 0 radical (unpaired) electrons. The minimum atomic E-state index is -0.878. The molecule has 1 saturated heterocycles. The second-order valence-electron chi connectivity index (χ2n) is 5.35. The number of carbonyl (C=O) groups is 1. The summed E-state index contributed by atoms with van der Waals surface area (Å²) in [5.41, 5.74) is 1.51. The Hall–Kier alpha value is -1.58. The molecule has 18 heavy (non-hydrogen) atoms. The predicted molar refractivity (Wildman–Crippen MR) is 71.0 cm³/mol. The van der Waals surface area contributed by atoms with Crippen LogP contribution in [-0.4, -0.2) is 29.1 Å². The van der Waals surface area contributed by atoms with E-state index in [-0.39, 0.29) is 0 Å². The van der Waals surface area contributed by atoms with Crippen LogP contribution in [0, 0.1) is 5.41 Å². The third kappa shape index (κ3) is 2.47. The Balaban J connectivity index is 2.17. The highest BCUT2D eigenvalue weighted by atomic mass is 16.4. The van der Waals surface area contributed by atoms with Gasteiger partial charge in [0.1, 0.15) is 0 Å². The second kappa shape index (κ2) is 4.96. The summed E-state index contributed by atoms with van der Waals surface area (Å²) in [5.74, 6) is -0.878. The SMILES string of the molecule is CCC1(C)CCN(c2cnccc2C(=O)O)CC1. The molecule has 2 rings (SSSR count). The number of carboxylic acids is 1. The van der Waals surface area contributed by atoms with E-state index < -0.39 is 5.97 Å². The first-order valence-corrected chi connectivity index (χ1v) is 6.48. The maximum atomic E-state index is 11.2. The van der Waals surface area contributed by atoms with Gasteiger partial charge in [0.15, 0.2) is 0 Å². The van der Waals surface area contributed by atoms with Gasteiger partial charge >= 0.3 is 5.97 Å². The monoisotopic (exact) mass is 248 g/mol. The van der Waals surface area contributed by atoms with E-state index >= 15 is 0 Å². The third-order valence-corrected chi connectivity index (χ3v) is 4.20. The van der Waals surface area contributed by atoms with E-state index in [0.717, 1.165) is 31.6 Å². The summed E-state index contributed by atoms with van der Waals surface area (Å²) in [4.78, 5) is 17.4. The molecule has 1 aromatic heterocycles. The zero-order valence-corrected chi connectivity index (χ0v) is 11.0. The second-order valence-corrected chi connectivity index (χ2v) is 5.35. The summed E-state index contributed by atoms with van der Waals surface area (Å²) in [6.07, 6.45) is 6.60. The molecule has 0 bridgehead atoms. The Morgan fingerprint density at radius 2 is 2.17 bits per heavy atom. The molecule has 4 nitrogen and oxygen atoms in total. The van der Waals surface area contributed by atoms with Crippen molar-refractivity contribution in [3.8, 4) is 0 Å². The van der Waals surface area contributed by atoms with Crippen molar-refractivity contribution < 1.29 is 9.90 Å². The summed E-state index contributed by atoms with van der Waals surface area (Å²) < 4.78 is 0. The average Bonchev–Trinajstić information content (AvgIpc) is 2.39. The van der Waals surface area contributed by atoms with Crippen LogP contribution in [0.25, 0.3) is 0 Å². The van der Waals surface area contributed by atoms with Gasteiger partial charge < -0.3 is 10.0 Å². The molecular weight excluding hydrogens is 228 g/mol. The van der Waals surface area contributed by atoms with Gasteiger partial charge in [-0.25, -0.2) is 4.79 Å². The van der Waals surface area contributed by atoms with Crippen molar-refractivity contribution in [2.24, 2.45) is 5.41 Å². The van der Waals surface area contributed by atoms with Crippen LogP contribution in [0.1, 0.15) is 43.5 Å². The molecule has 1 N–H and O–H groups in total. The topological polar surface area (TPSA) is 53.4 Å². The molecule has 1 aliphatic rings. The van der Waals surface area contributed by atoms with Crippen molar-refractivity contribution in [3.63, 3.8) is 0 Å². The zero-order valence-electron chi connectivity index (χ0n) is 11.0. The fraction of sp³-hybridized carbons (Fsp3) is 0.571. The summed E-state index contributed by atoms with van der Waals surface area (Å²) in [5, 5.41) is 9.19. The number of pyridine rings is 1. The van der Waals surface area contributed by atoms with Gasteiger partial charge in [-0.3, -0.25) is 4.98 Å². The maximum Gasteiger partial charge on any atom is 0.337 e. The molecule has 0 saturated carbocycles. The smallest absolute Gasteiger partial charge is 0.337 e. The number of carboxylic acid groups (broad SMARTS) is 1. The number of aromatic nitrogens is 1. The highest BCUT2D eigenvalue weighted by molar-refractivity contribution is 5.94. The minimum Gasteiger partial charge on any atom is -0.478 e. The van der Waals surface area contributed by atoms with Crippen LogP contribution in [0.3, 0.4) is 0 Å². The van der Waals surface area contributed by atoms with Gasteiger partial charge in [0.2, 0.25) is 0 Å². The van der Waals surface area contributed by atoms with Gasteiger partial charge in [-0.2, -0.15) is 0 Å². The van der Waals surface area contributed by atoms with Crippen LogP contribution < -0.4 is 4.90 Å². The molecule has 0 amide bonds. The molecule has 1 fully saturated rings. The largest absolute Gasteiger partial charge is 0.478 e. The summed E-state index contributed by atoms with van der Waals surface area (Å²) >= 11 is 0. The van der Waals surface area contributed by atoms with E-state index in [1.54, 1.807) is 12.3 Å². The Bertz CT molecular complexity index is 437. The van der Waals surface area contributed by atoms with Crippen LogP contribution in [0.5, 0.6) is 0 Å². The van der Waals surface area contributed by atoms with Crippen LogP contribution in [-0.2, 0) is 0 Å². The summed E-state index contributed by atoms with van der Waals surface area (Å²) in [6.45, 7) is 6.36. The van der Waals surface area contributed by atoms with Crippen molar-refractivity contribution in [2.75, 3.05) is 18.0 Å². The maximum absolute atomic E-state index is 11.2. The molecule has 0 aromatic carbocycles. The van der Waals surface area contributed by atoms with Crippen LogP contribution in [0.4, 0.5) is 5.69 Å². The summed E-state index contributed by atoms with van der Waals surface area (Å²) in [6, 6.07) is 1.57. The predicted octanol–water partition coefficient (Wildman–Crippen LogP) is 2.80. The minimum absolute atomic E-state index is 0.352. The van der Waals surface area contributed by atoms with Gasteiger partial charge in [-0.15, -0.1) is 0 Å². The third-order valence-electron chi connectivity index (χ3n) is 4.20. The number of nitrogens with zero attached hydrogens (tertiary/aromatic N) is 2. The van der Waals surface area contributed by atoms with Gasteiger partial charge in [0, 0.05) is 19.3 Å². The molecule has 0 unspecified atom stereocenters. The molecule has 98 valence electrons. The molecule has 0 atom stereocenters. The first-order chi connectivity index (χ1) is 8.56. The van der Waals surface area contributed by atoms with Gasteiger partial charge in [-0.1, -0.05) is 20.3 Å². The zero-order chi connectivity index (χ0) is 13.2. The van der Waals surface area contributed by atoms with E-state index in [2.05, 4.69) is 23.7 Å². The van der Waals surface area contributed by atoms with E-state index in [0.29, 0.717) is 11.0 Å². The number of rotatable bonds is 3. The Labute approximate surface area is 108 Å². The molecule has 0 aliphatic carbocycles. The van der Waals surface area contributed by atoms with Crippen molar-refractivity contribution in [1.29, 1.82) is 0 Å². The van der Waals surface area contributed by atoms with Crippen molar-refractivity contribution in [2.45, 2.75) is 33.1 Å². The highest BCUT2D eigenvalue weighted by Gasteiger charge is 2.29. The van der Waals surface area contributed by atoms with E-state index in [1.807, 2.05) is 0 Å². The lowest BCUT2D eigenvalue weighted by atomic mass is 9.78. The molecule has 1 aromatic rings. The van der Waals surface area contributed by atoms with E-state index in [1.165, 1.54) is 12.6 Å². The lowest BCUT2D eigenvalue weighted by Gasteiger charge is -2.40. The van der Waals surface area contributed by atoms with Crippen LogP contribution >= 0.6 is 0 Å². The molecular formula is C14H20N2O2. The number of anilines is 1. The molecule has 0 spiro atoms. The normalized spacial score (nSPS) is 18.7. The standard InChI is InChI=1S/C14H20N2O2/c1-3-14(2)5-8-16(9-6-14)12-10-15-7-4-11(12)13(17)18/h4,7,10H,3,5-6,8-9H2,1-2H3,(H,17,18). The lowest BCUT2D eigenvalue weighted by Crippen LogP contribution is -2.39. The van der Waals surface area contributed by atoms with Crippen molar-refractivity contribution in [1.82, 2.24) is 4.98 Å². The number of hydrogen-bond donors (Lipinski definition) is 1. The molecule has 4 heteroatoms.